The van der Waals surface area contributed by atoms with Crippen LogP contribution in [0.2, 0.25) is 0 Å². The van der Waals surface area contributed by atoms with E-state index < -0.39 is 0 Å². The molecule has 0 fully saturated rings. The van der Waals surface area contributed by atoms with Gasteiger partial charge in [-0.3, -0.25) is 4.79 Å². The van der Waals surface area contributed by atoms with E-state index in [9.17, 15) is 4.79 Å². The molecule has 0 bridgehead atoms. The minimum atomic E-state index is 0.0245. The van der Waals surface area contributed by atoms with Crippen LogP contribution in [0.1, 0.15) is 24.4 Å². The number of aromatic nitrogens is 1. The van der Waals surface area contributed by atoms with Gasteiger partial charge in [0.15, 0.2) is 0 Å². The smallest absolute Gasteiger partial charge is 0.234 e. The molecule has 1 rings (SSSR count). The molecule has 1 heterocycles. The topological polar surface area (TPSA) is 54.0 Å². The van der Waals surface area contributed by atoms with E-state index in [2.05, 4.69) is 15.6 Å². The molecule has 0 aromatic carbocycles. The monoisotopic (exact) mass is 227 g/mol. The highest BCUT2D eigenvalue weighted by atomic mass is 32.1. The lowest BCUT2D eigenvalue weighted by Gasteiger charge is -2.08. The Labute approximate surface area is 94.1 Å². The Morgan fingerprint density at radius 2 is 2.33 bits per heavy atom. The van der Waals surface area contributed by atoms with Crippen molar-refractivity contribution in [3.05, 3.63) is 16.1 Å². The first-order valence-corrected chi connectivity index (χ1v) is 5.86. The molecule has 0 atom stereocenters. The number of nitrogens with zero attached hydrogens (tertiary/aromatic N) is 1. The fraction of sp³-hybridized carbons (Fsp3) is 0.600. The molecule has 2 N–H and O–H groups in total. The largest absolute Gasteiger partial charge is 0.350 e. The van der Waals surface area contributed by atoms with Gasteiger partial charge in [-0.05, 0) is 6.92 Å². The maximum Gasteiger partial charge on any atom is 0.234 e. The van der Waals surface area contributed by atoms with E-state index in [4.69, 9.17) is 0 Å². The van der Waals surface area contributed by atoms with E-state index in [0.717, 1.165) is 10.6 Å². The maximum atomic E-state index is 11.4. The summed E-state index contributed by atoms with van der Waals surface area (Å²) in [6, 6.07) is 0.334. The Morgan fingerprint density at radius 3 is 2.87 bits per heavy atom. The highest BCUT2D eigenvalue weighted by molar-refractivity contribution is 7.09. The third-order valence-corrected chi connectivity index (χ3v) is 2.90. The molecule has 0 saturated heterocycles. The van der Waals surface area contributed by atoms with Gasteiger partial charge in [-0.1, -0.05) is 13.8 Å². The number of aryl methyl sites for hydroxylation is 1. The van der Waals surface area contributed by atoms with Gasteiger partial charge < -0.3 is 10.6 Å². The minimum Gasteiger partial charge on any atom is -0.350 e. The Morgan fingerprint density at radius 1 is 1.60 bits per heavy atom. The Kier molecular flexibility index (Phi) is 4.71. The zero-order valence-corrected chi connectivity index (χ0v) is 10.1. The van der Waals surface area contributed by atoms with Crippen molar-refractivity contribution in [2.24, 2.45) is 0 Å². The number of thiazole rings is 1. The molecule has 0 aliphatic rings. The molecule has 1 aromatic rings. The van der Waals surface area contributed by atoms with Gasteiger partial charge in [0, 0.05) is 10.9 Å². The van der Waals surface area contributed by atoms with Crippen LogP contribution in [0.25, 0.3) is 0 Å². The van der Waals surface area contributed by atoms with E-state index in [-0.39, 0.29) is 5.91 Å². The average Bonchev–Trinajstić information content (AvgIpc) is 2.58. The predicted molar refractivity (Wildman–Crippen MR) is 61.8 cm³/mol. The van der Waals surface area contributed by atoms with E-state index in [1.165, 1.54) is 0 Å². The molecular weight excluding hydrogens is 210 g/mol. The van der Waals surface area contributed by atoms with Crippen LogP contribution in [-0.4, -0.2) is 23.5 Å². The summed E-state index contributed by atoms with van der Waals surface area (Å²) >= 11 is 1.57. The molecule has 1 amide bonds. The molecule has 0 radical (unpaired) electrons. The van der Waals surface area contributed by atoms with Gasteiger partial charge >= 0.3 is 0 Å². The Hall–Kier alpha value is -0.940. The zero-order chi connectivity index (χ0) is 11.3. The lowest BCUT2D eigenvalue weighted by Crippen LogP contribution is -2.36. The molecule has 0 aliphatic heterocycles. The van der Waals surface area contributed by atoms with E-state index in [0.29, 0.717) is 19.1 Å². The summed E-state index contributed by atoms with van der Waals surface area (Å²) in [6.45, 7) is 6.93. The molecule has 0 unspecified atom stereocenters. The van der Waals surface area contributed by atoms with E-state index >= 15 is 0 Å². The molecule has 15 heavy (non-hydrogen) atoms. The van der Waals surface area contributed by atoms with Crippen LogP contribution in [0, 0.1) is 6.92 Å². The van der Waals surface area contributed by atoms with Crippen molar-refractivity contribution in [3.8, 4) is 0 Å². The number of carbonyl (C=O) groups is 1. The third-order valence-electron chi connectivity index (χ3n) is 1.96. The van der Waals surface area contributed by atoms with Gasteiger partial charge in [-0.2, -0.15) is 0 Å². The highest BCUT2D eigenvalue weighted by Crippen LogP contribution is 2.10. The van der Waals surface area contributed by atoms with Gasteiger partial charge in [-0.25, -0.2) is 4.98 Å². The van der Waals surface area contributed by atoms with Crippen LogP contribution in [0.5, 0.6) is 0 Å². The summed E-state index contributed by atoms with van der Waals surface area (Å²) in [6.07, 6.45) is 0. The summed E-state index contributed by atoms with van der Waals surface area (Å²) in [5, 5.41) is 5.92. The summed E-state index contributed by atoms with van der Waals surface area (Å²) in [5.74, 6) is 0.0245. The van der Waals surface area contributed by atoms with Crippen molar-refractivity contribution in [2.75, 3.05) is 6.54 Å². The number of rotatable bonds is 5. The molecule has 0 spiro atoms. The fourth-order valence-electron chi connectivity index (χ4n) is 1.03. The molecule has 4 nitrogen and oxygen atoms in total. The van der Waals surface area contributed by atoms with Crippen molar-refractivity contribution in [1.29, 1.82) is 0 Å². The second kappa shape index (κ2) is 5.82. The van der Waals surface area contributed by atoms with Crippen molar-refractivity contribution < 1.29 is 4.79 Å². The van der Waals surface area contributed by atoms with Crippen molar-refractivity contribution in [1.82, 2.24) is 15.6 Å². The standard InChI is InChI=1S/C10H17N3OS/c1-7(2)11-5-10(14)12-4-9-8(3)13-6-15-9/h6-7,11H,4-5H2,1-3H3,(H,12,14). The van der Waals surface area contributed by atoms with Crippen LogP contribution in [-0.2, 0) is 11.3 Å². The molecule has 84 valence electrons. The van der Waals surface area contributed by atoms with Crippen molar-refractivity contribution >= 4 is 17.2 Å². The van der Waals surface area contributed by atoms with E-state index in [1.54, 1.807) is 16.8 Å². The van der Waals surface area contributed by atoms with Crippen LogP contribution < -0.4 is 10.6 Å². The molecule has 1 aromatic heterocycles. The third kappa shape index (κ3) is 4.40. The van der Waals surface area contributed by atoms with Gasteiger partial charge in [-0.15, -0.1) is 11.3 Å². The van der Waals surface area contributed by atoms with Gasteiger partial charge in [0.2, 0.25) is 5.91 Å². The minimum absolute atomic E-state index is 0.0245. The Balaban J connectivity index is 2.26. The second-order valence-corrected chi connectivity index (χ2v) is 4.61. The molecule has 5 heteroatoms. The normalized spacial score (nSPS) is 10.7. The molecular formula is C10H17N3OS. The SMILES string of the molecule is Cc1ncsc1CNC(=O)CNC(C)C. The first-order chi connectivity index (χ1) is 7.09. The van der Waals surface area contributed by atoms with Gasteiger partial charge in [0.05, 0.1) is 24.3 Å². The number of amides is 1. The summed E-state index contributed by atoms with van der Waals surface area (Å²) in [5.41, 5.74) is 2.79. The van der Waals surface area contributed by atoms with Crippen LogP contribution >= 0.6 is 11.3 Å². The number of carbonyl (C=O) groups excluding carboxylic acids is 1. The summed E-state index contributed by atoms with van der Waals surface area (Å²) < 4.78 is 0. The first-order valence-electron chi connectivity index (χ1n) is 4.98. The fourth-order valence-corrected chi connectivity index (χ4v) is 1.75. The Bertz CT molecular complexity index is 322. The van der Waals surface area contributed by atoms with Gasteiger partial charge in [0.25, 0.3) is 0 Å². The molecule has 0 aliphatic carbocycles. The summed E-state index contributed by atoms with van der Waals surface area (Å²) in [7, 11) is 0. The lowest BCUT2D eigenvalue weighted by molar-refractivity contribution is -0.120. The quantitative estimate of drug-likeness (QED) is 0.791. The van der Waals surface area contributed by atoms with Crippen LogP contribution in [0.4, 0.5) is 0 Å². The number of nitrogens with one attached hydrogen (secondary N) is 2. The first kappa shape index (κ1) is 12.1. The average molecular weight is 227 g/mol. The molecule has 0 saturated carbocycles. The predicted octanol–water partition coefficient (Wildman–Crippen LogP) is 1.07. The van der Waals surface area contributed by atoms with Crippen LogP contribution in [0.3, 0.4) is 0 Å². The van der Waals surface area contributed by atoms with E-state index in [1.807, 2.05) is 20.8 Å². The number of hydrogen-bond acceptors (Lipinski definition) is 4. The second-order valence-electron chi connectivity index (χ2n) is 3.67. The zero-order valence-electron chi connectivity index (χ0n) is 9.33. The van der Waals surface area contributed by atoms with Crippen molar-refractivity contribution in [3.63, 3.8) is 0 Å². The highest BCUT2D eigenvalue weighted by Gasteiger charge is 2.04. The van der Waals surface area contributed by atoms with Gasteiger partial charge in [0.1, 0.15) is 0 Å². The van der Waals surface area contributed by atoms with Crippen molar-refractivity contribution in [2.45, 2.75) is 33.4 Å². The maximum absolute atomic E-state index is 11.4. The summed E-state index contributed by atoms with van der Waals surface area (Å²) in [4.78, 5) is 16.6. The lowest BCUT2D eigenvalue weighted by atomic mass is 10.3. The van der Waals surface area contributed by atoms with Crippen LogP contribution in [0.15, 0.2) is 5.51 Å². The number of hydrogen-bond donors (Lipinski definition) is 2.